The SMILES string of the molecule is CCNC(=NCC(O)c1ccc(Cl)cc1)N1CCC2(CCOC2)C1. The molecule has 2 heterocycles. The molecule has 2 saturated heterocycles. The smallest absolute Gasteiger partial charge is 0.194 e. The van der Waals surface area contributed by atoms with Crippen LogP contribution in [0.5, 0.6) is 0 Å². The Kier molecular flexibility index (Phi) is 5.64. The first-order valence-corrected chi connectivity index (χ1v) is 9.04. The Labute approximate surface area is 148 Å². The molecule has 5 nitrogen and oxygen atoms in total. The van der Waals surface area contributed by atoms with Gasteiger partial charge in [0, 0.05) is 36.7 Å². The van der Waals surface area contributed by atoms with E-state index in [1.807, 2.05) is 12.1 Å². The number of likely N-dealkylation sites (tertiary alicyclic amines) is 1. The summed E-state index contributed by atoms with van der Waals surface area (Å²) in [5.74, 6) is 0.884. The molecule has 2 fully saturated rings. The van der Waals surface area contributed by atoms with Gasteiger partial charge in [-0.2, -0.15) is 0 Å². The summed E-state index contributed by atoms with van der Waals surface area (Å²) in [5, 5.41) is 14.4. The molecule has 6 heteroatoms. The Hall–Kier alpha value is -1.30. The Morgan fingerprint density at radius 1 is 1.42 bits per heavy atom. The van der Waals surface area contributed by atoms with Gasteiger partial charge in [-0.15, -0.1) is 0 Å². The number of halogens is 1. The molecule has 2 unspecified atom stereocenters. The van der Waals surface area contributed by atoms with Crippen molar-refractivity contribution in [3.05, 3.63) is 34.9 Å². The average molecular weight is 352 g/mol. The summed E-state index contributed by atoms with van der Waals surface area (Å²) in [5.41, 5.74) is 1.13. The highest BCUT2D eigenvalue weighted by Gasteiger charge is 2.42. The van der Waals surface area contributed by atoms with Crippen LogP contribution in [0.15, 0.2) is 29.3 Å². The fourth-order valence-corrected chi connectivity index (χ4v) is 3.60. The summed E-state index contributed by atoms with van der Waals surface area (Å²) in [6.45, 7) is 6.92. The number of aliphatic hydroxyl groups is 1. The molecule has 0 aliphatic carbocycles. The number of aliphatic hydroxyl groups excluding tert-OH is 1. The Morgan fingerprint density at radius 2 is 2.21 bits per heavy atom. The molecular formula is C18H26ClN3O2. The lowest BCUT2D eigenvalue weighted by atomic mass is 9.87. The van der Waals surface area contributed by atoms with Gasteiger partial charge in [0.2, 0.25) is 0 Å². The van der Waals surface area contributed by atoms with Crippen LogP contribution in [0.1, 0.15) is 31.4 Å². The summed E-state index contributed by atoms with van der Waals surface area (Å²) < 4.78 is 5.60. The number of aliphatic imine (C=N–C) groups is 1. The zero-order valence-electron chi connectivity index (χ0n) is 14.2. The number of nitrogens with zero attached hydrogens (tertiary/aromatic N) is 2. The minimum atomic E-state index is -0.623. The molecule has 0 bridgehead atoms. The molecule has 2 aliphatic rings. The van der Waals surface area contributed by atoms with Crippen molar-refractivity contribution in [2.75, 3.05) is 39.4 Å². The summed E-state index contributed by atoms with van der Waals surface area (Å²) in [6.07, 6.45) is 1.66. The van der Waals surface area contributed by atoms with Crippen LogP contribution in [0, 0.1) is 5.41 Å². The van der Waals surface area contributed by atoms with E-state index in [-0.39, 0.29) is 0 Å². The van der Waals surface area contributed by atoms with Gasteiger partial charge in [-0.05, 0) is 37.5 Å². The summed E-state index contributed by atoms with van der Waals surface area (Å²) in [6, 6.07) is 7.27. The van der Waals surface area contributed by atoms with Crippen LogP contribution in [0.2, 0.25) is 5.02 Å². The van der Waals surface area contributed by atoms with E-state index in [9.17, 15) is 5.11 Å². The highest BCUT2D eigenvalue weighted by Crippen LogP contribution is 2.38. The number of hydrogen-bond acceptors (Lipinski definition) is 3. The Balaban J connectivity index is 1.64. The predicted molar refractivity (Wildman–Crippen MR) is 96.4 cm³/mol. The van der Waals surface area contributed by atoms with Crippen LogP contribution >= 0.6 is 11.6 Å². The molecule has 1 aromatic carbocycles. The predicted octanol–water partition coefficient (Wildman–Crippen LogP) is 2.45. The monoisotopic (exact) mass is 351 g/mol. The fraction of sp³-hybridized carbons (Fsp3) is 0.611. The third kappa shape index (κ3) is 4.02. The zero-order valence-corrected chi connectivity index (χ0v) is 14.9. The van der Waals surface area contributed by atoms with Crippen molar-refractivity contribution in [2.45, 2.75) is 25.9 Å². The standard InChI is InChI=1S/C18H26ClN3O2/c1-2-20-17(22-9-7-18(12-22)8-10-24-13-18)21-11-16(23)14-3-5-15(19)6-4-14/h3-6,16,23H,2,7-13H2,1H3,(H,20,21). The lowest BCUT2D eigenvalue weighted by Crippen LogP contribution is -2.41. The Bertz CT molecular complexity index is 570. The average Bonchev–Trinajstić information content (AvgIpc) is 3.22. The van der Waals surface area contributed by atoms with Crippen molar-refractivity contribution in [3.63, 3.8) is 0 Å². The van der Waals surface area contributed by atoms with Crippen molar-refractivity contribution in [3.8, 4) is 0 Å². The number of hydrogen-bond donors (Lipinski definition) is 2. The van der Waals surface area contributed by atoms with Crippen LogP contribution in [0.4, 0.5) is 0 Å². The van der Waals surface area contributed by atoms with Gasteiger partial charge in [0.25, 0.3) is 0 Å². The summed E-state index contributed by atoms with van der Waals surface area (Å²) in [4.78, 5) is 6.95. The molecule has 0 radical (unpaired) electrons. The molecule has 24 heavy (non-hydrogen) atoms. The highest BCUT2D eigenvalue weighted by atomic mass is 35.5. The van der Waals surface area contributed by atoms with Gasteiger partial charge in [0.1, 0.15) is 0 Å². The maximum absolute atomic E-state index is 10.4. The molecule has 3 rings (SSSR count). The first kappa shape index (κ1) is 17.5. The third-order valence-electron chi connectivity index (χ3n) is 4.93. The molecule has 0 amide bonds. The maximum atomic E-state index is 10.4. The van der Waals surface area contributed by atoms with Crippen LogP contribution < -0.4 is 5.32 Å². The van der Waals surface area contributed by atoms with Gasteiger partial charge in [0.15, 0.2) is 5.96 Å². The summed E-state index contributed by atoms with van der Waals surface area (Å²) in [7, 11) is 0. The van der Waals surface area contributed by atoms with Crippen molar-refractivity contribution in [2.24, 2.45) is 10.4 Å². The number of rotatable bonds is 4. The molecule has 2 aliphatic heterocycles. The van der Waals surface area contributed by atoms with Crippen LogP contribution in [0.3, 0.4) is 0 Å². The number of guanidine groups is 1. The second-order valence-corrected chi connectivity index (χ2v) is 7.17. The van der Waals surface area contributed by atoms with E-state index in [1.165, 1.54) is 0 Å². The maximum Gasteiger partial charge on any atom is 0.194 e. The second-order valence-electron chi connectivity index (χ2n) is 6.74. The van der Waals surface area contributed by atoms with Crippen LogP contribution in [-0.4, -0.2) is 55.4 Å². The number of benzene rings is 1. The third-order valence-corrected chi connectivity index (χ3v) is 5.18. The van der Waals surface area contributed by atoms with E-state index >= 15 is 0 Å². The molecule has 0 aromatic heterocycles. The van der Waals surface area contributed by atoms with Crippen molar-refractivity contribution >= 4 is 17.6 Å². The minimum absolute atomic E-state index is 0.297. The molecule has 1 aromatic rings. The largest absolute Gasteiger partial charge is 0.386 e. The molecule has 2 atom stereocenters. The van der Waals surface area contributed by atoms with E-state index in [2.05, 4.69) is 22.1 Å². The first-order valence-electron chi connectivity index (χ1n) is 8.66. The molecule has 1 spiro atoms. The molecule has 2 N–H and O–H groups in total. The number of nitrogens with one attached hydrogen (secondary N) is 1. The topological polar surface area (TPSA) is 57.1 Å². The first-order chi connectivity index (χ1) is 11.6. The van der Waals surface area contributed by atoms with Gasteiger partial charge >= 0.3 is 0 Å². The van der Waals surface area contributed by atoms with Crippen LogP contribution in [-0.2, 0) is 4.74 Å². The van der Waals surface area contributed by atoms with Crippen molar-refractivity contribution in [1.82, 2.24) is 10.2 Å². The summed E-state index contributed by atoms with van der Waals surface area (Å²) >= 11 is 5.89. The number of ether oxygens (including phenoxy) is 1. The van der Waals surface area contributed by atoms with Crippen molar-refractivity contribution < 1.29 is 9.84 Å². The zero-order chi connectivity index (χ0) is 17.0. The van der Waals surface area contributed by atoms with Gasteiger partial charge < -0.3 is 20.1 Å². The molecule has 0 saturated carbocycles. The van der Waals surface area contributed by atoms with E-state index in [0.29, 0.717) is 17.0 Å². The van der Waals surface area contributed by atoms with Crippen LogP contribution in [0.25, 0.3) is 0 Å². The Morgan fingerprint density at radius 3 is 2.88 bits per heavy atom. The normalized spacial score (nSPS) is 25.5. The van der Waals surface area contributed by atoms with Gasteiger partial charge in [-0.1, -0.05) is 23.7 Å². The van der Waals surface area contributed by atoms with Gasteiger partial charge in [0.05, 0.1) is 19.3 Å². The van der Waals surface area contributed by atoms with Gasteiger partial charge in [-0.3, -0.25) is 4.99 Å². The van der Waals surface area contributed by atoms with Crippen molar-refractivity contribution in [1.29, 1.82) is 0 Å². The quantitative estimate of drug-likeness (QED) is 0.646. The fourth-order valence-electron chi connectivity index (χ4n) is 3.48. The lowest BCUT2D eigenvalue weighted by molar-refractivity contribution is 0.156. The van der Waals surface area contributed by atoms with Gasteiger partial charge in [-0.25, -0.2) is 0 Å². The molecular weight excluding hydrogens is 326 g/mol. The second kappa shape index (κ2) is 7.72. The van der Waals surface area contributed by atoms with E-state index in [0.717, 1.165) is 57.2 Å². The minimum Gasteiger partial charge on any atom is -0.386 e. The van der Waals surface area contributed by atoms with E-state index < -0.39 is 6.10 Å². The lowest BCUT2D eigenvalue weighted by Gasteiger charge is -2.25. The van der Waals surface area contributed by atoms with E-state index in [1.54, 1.807) is 12.1 Å². The van der Waals surface area contributed by atoms with E-state index in [4.69, 9.17) is 16.3 Å². The molecule has 132 valence electrons. The highest BCUT2D eigenvalue weighted by molar-refractivity contribution is 6.30.